The number of carbonyl (C=O) groups is 2. The lowest BCUT2D eigenvalue weighted by atomic mass is 10.2. The van der Waals surface area contributed by atoms with Crippen LogP contribution in [0.2, 0.25) is 0 Å². The Morgan fingerprint density at radius 3 is 1.39 bits per heavy atom. The molecule has 0 aromatic heterocycles. The van der Waals surface area contributed by atoms with E-state index < -0.39 is 23.7 Å². The van der Waals surface area contributed by atoms with Crippen LogP contribution in [-0.2, 0) is 19.1 Å². The molecule has 7 nitrogen and oxygen atoms in total. The minimum atomic E-state index is -3.58. The van der Waals surface area contributed by atoms with Gasteiger partial charge in [0.05, 0.1) is 0 Å². The van der Waals surface area contributed by atoms with Crippen molar-refractivity contribution in [2.75, 3.05) is 0 Å². The summed E-state index contributed by atoms with van der Waals surface area (Å²) in [4.78, 5) is 22.6. The Hall–Kier alpha value is -1.70. The Balaban J connectivity index is 5.21. The van der Waals surface area contributed by atoms with Gasteiger partial charge in [0.1, 0.15) is 0 Å². The van der Waals surface area contributed by atoms with Crippen LogP contribution in [0.5, 0.6) is 0 Å². The molecule has 0 amide bonds. The van der Waals surface area contributed by atoms with Crippen molar-refractivity contribution >= 4 is 11.9 Å². The van der Waals surface area contributed by atoms with Gasteiger partial charge in [-0.3, -0.25) is 0 Å². The van der Waals surface area contributed by atoms with E-state index in [2.05, 4.69) is 22.6 Å². The molecule has 0 aliphatic carbocycles. The molecule has 18 heavy (non-hydrogen) atoms. The topological polar surface area (TPSA) is 113 Å². The molecule has 0 radical (unpaired) electrons. The fourth-order valence-electron chi connectivity index (χ4n) is 0.686. The number of esters is 2. The van der Waals surface area contributed by atoms with E-state index in [1.165, 1.54) is 13.8 Å². The van der Waals surface area contributed by atoms with E-state index in [9.17, 15) is 9.59 Å². The lowest BCUT2D eigenvalue weighted by Crippen LogP contribution is -2.57. The molecule has 0 aliphatic heterocycles. The van der Waals surface area contributed by atoms with Gasteiger partial charge in [0, 0.05) is 18.1 Å². The number of hydrogen-bond acceptors (Lipinski definition) is 7. The molecule has 3 N–H and O–H groups in total. The highest BCUT2D eigenvalue weighted by Crippen LogP contribution is 2.25. The molecule has 0 fully saturated rings. The van der Waals surface area contributed by atoms with E-state index in [1.54, 1.807) is 0 Å². The van der Waals surface area contributed by atoms with E-state index >= 15 is 0 Å². The molecule has 0 spiro atoms. The average molecular weight is 260 g/mol. The molecule has 0 rings (SSSR count). The molecule has 0 aromatic rings. The second-order valence-electron chi connectivity index (χ2n) is 3.92. The zero-order chi connectivity index (χ0) is 14.7. The highest BCUT2D eigenvalue weighted by molar-refractivity contribution is 5.89. The maximum Gasteiger partial charge on any atom is 0.357 e. The largest absolute Gasteiger partial charge is 0.411 e. The van der Waals surface area contributed by atoms with Gasteiger partial charge >= 0.3 is 23.7 Å². The average Bonchev–Trinajstić information content (AvgIpc) is 2.14. The van der Waals surface area contributed by atoms with Crippen molar-refractivity contribution in [1.29, 1.82) is 0 Å². The van der Waals surface area contributed by atoms with Gasteiger partial charge in [-0.15, -0.1) is 0 Å². The second kappa shape index (κ2) is 5.30. The molecule has 0 heterocycles. The Morgan fingerprint density at radius 1 is 0.944 bits per heavy atom. The summed E-state index contributed by atoms with van der Waals surface area (Å²) in [7, 11) is 0. The molecular formula is C11H16O7. The zero-order valence-electron chi connectivity index (χ0n) is 10.4. The molecular weight excluding hydrogens is 244 g/mol. The third-order valence-electron chi connectivity index (χ3n) is 1.88. The quantitative estimate of drug-likeness (QED) is 0.349. The number of ether oxygens (including phenoxy) is 2. The standard InChI is InChI=1S/C11H16O7/c1-6(2)8(12)17-10(5,11(14,15)16)18-9(13)7(3)4/h14-16H,1,3H2,2,4-5H3. The van der Waals surface area contributed by atoms with E-state index in [4.69, 9.17) is 15.3 Å². The van der Waals surface area contributed by atoms with Crippen LogP contribution in [-0.4, -0.2) is 39.0 Å². The lowest BCUT2D eigenvalue weighted by molar-refractivity contribution is -0.438. The fourth-order valence-corrected chi connectivity index (χ4v) is 0.686. The first kappa shape index (κ1) is 16.3. The second-order valence-corrected chi connectivity index (χ2v) is 3.92. The van der Waals surface area contributed by atoms with Crippen molar-refractivity contribution in [1.82, 2.24) is 0 Å². The fraction of sp³-hybridized carbons (Fsp3) is 0.455. The zero-order valence-corrected chi connectivity index (χ0v) is 10.4. The monoisotopic (exact) mass is 260 g/mol. The SMILES string of the molecule is C=C(C)C(=O)OC(C)(OC(=O)C(=C)C)C(O)(O)O. The molecule has 0 atom stereocenters. The Morgan fingerprint density at radius 2 is 1.22 bits per heavy atom. The maximum atomic E-state index is 11.3. The Labute approximate surface area is 104 Å². The van der Waals surface area contributed by atoms with Crippen LogP contribution in [0.1, 0.15) is 20.8 Å². The summed E-state index contributed by atoms with van der Waals surface area (Å²) in [6.45, 7) is 9.89. The molecule has 0 unspecified atom stereocenters. The first-order valence-corrected chi connectivity index (χ1v) is 4.85. The summed E-state index contributed by atoms with van der Waals surface area (Å²) in [5.41, 5.74) is -0.173. The Bertz CT molecular complexity index is 361. The molecule has 7 heteroatoms. The third-order valence-corrected chi connectivity index (χ3v) is 1.88. The summed E-state index contributed by atoms with van der Waals surface area (Å²) in [6, 6.07) is 0. The van der Waals surface area contributed by atoms with Gasteiger partial charge < -0.3 is 24.8 Å². The Kier molecular flexibility index (Phi) is 4.80. The van der Waals surface area contributed by atoms with Crippen LogP contribution in [0.25, 0.3) is 0 Å². The van der Waals surface area contributed by atoms with Crippen LogP contribution in [0.4, 0.5) is 0 Å². The van der Waals surface area contributed by atoms with Gasteiger partial charge in [-0.2, -0.15) is 0 Å². The van der Waals surface area contributed by atoms with Gasteiger partial charge in [0.15, 0.2) is 0 Å². The molecule has 102 valence electrons. The van der Waals surface area contributed by atoms with Crippen LogP contribution in [0, 0.1) is 0 Å². The summed E-state index contributed by atoms with van der Waals surface area (Å²) < 4.78 is 9.02. The van der Waals surface area contributed by atoms with E-state index in [0.717, 1.165) is 6.92 Å². The number of carbonyl (C=O) groups excluding carboxylic acids is 2. The number of aliphatic hydroxyl groups is 3. The minimum absolute atomic E-state index is 0.0863. The molecule has 0 saturated heterocycles. The molecule has 0 bridgehead atoms. The van der Waals surface area contributed by atoms with Crippen LogP contribution >= 0.6 is 0 Å². The highest BCUT2D eigenvalue weighted by atomic mass is 16.8. The van der Waals surface area contributed by atoms with Crippen molar-refractivity contribution in [3.63, 3.8) is 0 Å². The minimum Gasteiger partial charge on any atom is -0.411 e. The van der Waals surface area contributed by atoms with E-state index in [1.807, 2.05) is 0 Å². The van der Waals surface area contributed by atoms with Gasteiger partial charge in [-0.25, -0.2) is 9.59 Å². The summed E-state index contributed by atoms with van der Waals surface area (Å²) in [5.74, 6) is -8.44. The molecule has 0 aromatic carbocycles. The van der Waals surface area contributed by atoms with Crippen LogP contribution in [0.15, 0.2) is 24.3 Å². The van der Waals surface area contributed by atoms with Crippen molar-refractivity contribution in [3.8, 4) is 0 Å². The first-order chi connectivity index (χ1) is 7.90. The smallest absolute Gasteiger partial charge is 0.357 e. The number of rotatable bonds is 5. The summed E-state index contributed by atoms with van der Waals surface area (Å²) in [5, 5.41) is 27.3. The van der Waals surface area contributed by atoms with E-state index in [0.29, 0.717) is 0 Å². The summed E-state index contributed by atoms with van der Waals surface area (Å²) >= 11 is 0. The lowest BCUT2D eigenvalue weighted by Gasteiger charge is -2.34. The third kappa shape index (κ3) is 3.95. The van der Waals surface area contributed by atoms with Crippen LogP contribution in [0.3, 0.4) is 0 Å². The van der Waals surface area contributed by atoms with Gasteiger partial charge in [0.25, 0.3) is 0 Å². The predicted octanol–water partition coefficient (Wildman–Crippen LogP) is -0.428. The molecule has 0 aliphatic rings. The van der Waals surface area contributed by atoms with Gasteiger partial charge in [0.2, 0.25) is 0 Å². The summed E-state index contributed by atoms with van der Waals surface area (Å²) in [6.07, 6.45) is 0. The number of hydrogen-bond donors (Lipinski definition) is 3. The first-order valence-electron chi connectivity index (χ1n) is 4.85. The normalized spacial score (nSPS) is 11.7. The highest BCUT2D eigenvalue weighted by Gasteiger charge is 2.53. The van der Waals surface area contributed by atoms with Gasteiger partial charge in [-0.05, 0) is 13.8 Å². The van der Waals surface area contributed by atoms with Crippen molar-refractivity contribution in [3.05, 3.63) is 24.3 Å². The van der Waals surface area contributed by atoms with Crippen molar-refractivity contribution in [2.24, 2.45) is 0 Å². The van der Waals surface area contributed by atoms with Crippen LogP contribution < -0.4 is 0 Å². The predicted molar refractivity (Wildman–Crippen MR) is 59.6 cm³/mol. The van der Waals surface area contributed by atoms with Gasteiger partial charge in [-0.1, -0.05) is 13.2 Å². The maximum absolute atomic E-state index is 11.3. The molecule has 0 saturated carbocycles. The van der Waals surface area contributed by atoms with Crippen molar-refractivity contribution in [2.45, 2.75) is 32.5 Å². The van der Waals surface area contributed by atoms with E-state index in [-0.39, 0.29) is 11.1 Å². The van der Waals surface area contributed by atoms with Crippen molar-refractivity contribution < 1.29 is 34.4 Å².